The summed E-state index contributed by atoms with van der Waals surface area (Å²) in [5.74, 6) is 0.773. The second-order valence-corrected chi connectivity index (χ2v) is 3.36. The Morgan fingerprint density at radius 1 is 1.50 bits per heavy atom. The van der Waals surface area contributed by atoms with E-state index in [4.69, 9.17) is 9.84 Å². The Labute approximate surface area is 80.3 Å². The number of aliphatic hydroxyl groups excluding tert-OH is 1. The van der Waals surface area contributed by atoms with E-state index in [0.29, 0.717) is 6.61 Å². The monoisotopic (exact) mass is 230 g/mol. The zero-order valence-electron chi connectivity index (χ0n) is 6.88. The van der Waals surface area contributed by atoms with Gasteiger partial charge in [-0.05, 0) is 40.5 Å². The van der Waals surface area contributed by atoms with Crippen LogP contribution in [0.25, 0.3) is 0 Å². The summed E-state index contributed by atoms with van der Waals surface area (Å²) in [6.45, 7) is 2.39. The minimum absolute atomic E-state index is 0.0420. The first-order valence-electron chi connectivity index (χ1n) is 3.74. The lowest BCUT2D eigenvalue weighted by atomic mass is 10.2. The van der Waals surface area contributed by atoms with E-state index in [1.807, 2.05) is 25.1 Å². The molecule has 1 rings (SSSR count). The molecule has 1 aromatic carbocycles. The Bertz CT molecular complexity index is 261. The van der Waals surface area contributed by atoms with E-state index in [-0.39, 0.29) is 6.61 Å². The molecule has 0 spiro atoms. The highest BCUT2D eigenvalue weighted by Crippen LogP contribution is 2.25. The molecule has 0 saturated carbocycles. The first-order chi connectivity index (χ1) is 5.74. The van der Waals surface area contributed by atoms with E-state index in [0.717, 1.165) is 10.2 Å². The molecule has 0 saturated heterocycles. The van der Waals surface area contributed by atoms with E-state index in [1.165, 1.54) is 5.56 Å². The maximum atomic E-state index is 8.53. The first-order valence-corrected chi connectivity index (χ1v) is 4.53. The molecule has 66 valence electrons. The van der Waals surface area contributed by atoms with Crippen molar-refractivity contribution in [2.24, 2.45) is 0 Å². The van der Waals surface area contributed by atoms with Crippen molar-refractivity contribution < 1.29 is 9.84 Å². The molecule has 0 fully saturated rings. The molecule has 1 N–H and O–H groups in total. The van der Waals surface area contributed by atoms with Crippen LogP contribution in [-0.4, -0.2) is 18.3 Å². The maximum absolute atomic E-state index is 8.53. The van der Waals surface area contributed by atoms with Gasteiger partial charge in [-0.1, -0.05) is 6.07 Å². The van der Waals surface area contributed by atoms with Crippen molar-refractivity contribution in [3.8, 4) is 5.75 Å². The molecular formula is C9H11BrO2. The Balaban J connectivity index is 2.72. The number of hydrogen-bond donors (Lipinski definition) is 1. The topological polar surface area (TPSA) is 29.5 Å². The van der Waals surface area contributed by atoms with Gasteiger partial charge < -0.3 is 9.84 Å². The van der Waals surface area contributed by atoms with Crippen LogP contribution >= 0.6 is 15.9 Å². The molecule has 0 heterocycles. The molecule has 0 radical (unpaired) electrons. The Morgan fingerprint density at radius 3 is 2.83 bits per heavy atom. The molecule has 0 bridgehead atoms. The van der Waals surface area contributed by atoms with Gasteiger partial charge in [-0.15, -0.1) is 0 Å². The van der Waals surface area contributed by atoms with Crippen LogP contribution < -0.4 is 4.74 Å². The minimum atomic E-state index is 0.0420. The largest absolute Gasteiger partial charge is 0.490 e. The van der Waals surface area contributed by atoms with Crippen LogP contribution in [0.2, 0.25) is 0 Å². The number of hydrogen-bond acceptors (Lipinski definition) is 2. The van der Waals surface area contributed by atoms with Crippen LogP contribution in [0.3, 0.4) is 0 Å². The molecule has 3 heteroatoms. The van der Waals surface area contributed by atoms with Crippen LogP contribution in [0.4, 0.5) is 0 Å². The standard InChI is InChI=1S/C9H11BrO2/c1-7-2-3-9(8(10)6-7)12-5-4-11/h2-3,6,11H,4-5H2,1H3. The van der Waals surface area contributed by atoms with Crippen molar-refractivity contribution in [3.63, 3.8) is 0 Å². The van der Waals surface area contributed by atoms with Gasteiger partial charge in [0.15, 0.2) is 0 Å². The van der Waals surface area contributed by atoms with Crippen molar-refractivity contribution >= 4 is 15.9 Å². The summed E-state index contributed by atoms with van der Waals surface area (Å²) in [5, 5.41) is 8.53. The highest BCUT2D eigenvalue weighted by atomic mass is 79.9. The van der Waals surface area contributed by atoms with Crippen molar-refractivity contribution in [2.75, 3.05) is 13.2 Å². The fourth-order valence-corrected chi connectivity index (χ4v) is 1.49. The molecule has 0 aliphatic rings. The number of aliphatic hydroxyl groups is 1. The summed E-state index contributed by atoms with van der Waals surface area (Å²) in [7, 11) is 0. The highest BCUT2D eigenvalue weighted by molar-refractivity contribution is 9.10. The number of aryl methyl sites for hydroxylation is 1. The van der Waals surface area contributed by atoms with Gasteiger partial charge in [0.1, 0.15) is 12.4 Å². The quantitative estimate of drug-likeness (QED) is 0.863. The van der Waals surface area contributed by atoms with Gasteiger partial charge in [-0.3, -0.25) is 0 Å². The van der Waals surface area contributed by atoms with E-state index >= 15 is 0 Å². The first kappa shape index (κ1) is 9.55. The van der Waals surface area contributed by atoms with Crippen molar-refractivity contribution in [2.45, 2.75) is 6.92 Å². The van der Waals surface area contributed by atoms with E-state index < -0.39 is 0 Å². The number of rotatable bonds is 3. The lowest BCUT2D eigenvalue weighted by Crippen LogP contribution is -2.01. The van der Waals surface area contributed by atoms with E-state index in [9.17, 15) is 0 Å². The zero-order valence-corrected chi connectivity index (χ0v) is 8.47. The number of halogens is 1. The molecule has 0 aliphatic heterocycles. The fourth-order valence-electron chi connectivity index (χ4n) is 0.879. The van der Waals surface area contributed by atoms with Crippen molar-refractivity contribution in [1.82, 2.24) is 0 Å². The van der Waals surface area contributed by atoms with Gasteiger partial charge in [0.25, 0.3) is 0 Å². The molecular weight excluding hydrogens is 220 g/mol. The summed E-state index contributed by atoms with van der Waals surface area (Å²) in [4.78, 5) is 0. The third kappa shape index (κ3) is 2.50. The molecule has 0 atom stereocenters. The van der Waals surface area contributed by atoms with Crippen molar-refractivity contribution in [1.29, 1.82) is 0 Å². The smallest absolute Gasteiger partial charge is 0.133 e. The Kier molecular flexibility index (Phi) is 3.56. The predicted octanol–water partition coefficient (Wildman–Crippen LogP) is 2.13. The summed E-state index contributed by atoms with van der Waals surface area (Å²) >= 11 is 3.37. The molecule has 0 aliphatic carbocycles. The van der Waals surface area contributed by atoms with Crippen LogP contribution in [0.5, 0.6) is 5.75 Å². The third-order valence-corrected chi connectivity index (χ3v) is 2.06. The molecule has 0 unspecified atom stereocenters. The fraction of sp³-hybridized carbons (Fsp3) is 0.333. The van der Waals surface area contributed by atoms with Crippen LogP contribution in [-0.2, 0) is 0 Å². The van der Waals surface area contributed by atoms with Crippen LogP contribution in [0.1, 0.15) is 5.56 Å². The van der Waals surface area contributed by atoms with E-state index in [2.05, 4.69) is 15.9 Å². The number of benzene rings is 1. The van der Waals surface area contributed by atoms with Crippen LogP contribution in [0, 0.1) is 6.92 Å². The molecule has 0 aromatic heterocycles. The summed E-state index contributed by atoms with van der Waals surface area (Å²) < 4.78 is 6.17. The lowest BCUT2D eigenvalue weighted by Gasteiger charge is -2.06. The lowest BCUT2D eigenvalue weighted by molar-refractivity contribution is 0.200. The SMILES string of the molecule is Cc1ccc(OCCO)c(Br)c1. The summed E-state index contributed by atoms with van der Waals surface area (Å²) in [6.07, 6.45) is 0. The van der Waals surface area contributed by atoms with Crippen molar-refractivity contribution in [3.05, 3.63) is 28.2 Å². The van der Waals surface area contributed by atoms with E-state index in [1.54, 1.807) is 0 Å². The third-order valence-electron chi connectivity index (χ3n) is 1.44. The molecule has 1 aromatic rings. The summed E-state index contributed by atoms with van der Waals surface area (Å²) in [5.41, 5.74) is 1.18. The second-order valence-electron chi connectivity index (χ2n) is 2.51. The zero-order chi connectivity index (χ0) is 8.97. The van der Waals surface area contributed by atoms with Gasteiger partial charge in [-0.2, -0.15) is 0 Å². The normalized spacial score (nSPS) is 9.92. The molecule has 0 amide bonds. The van der Waals surface area contributed by atoms with Gasteiger partial charge >= 0.3 is 0 Å². The van der Waals surface area contributed by atoms with Gasteiger partial charge in [0.2, 0.25) is 0 Å². The number of ether oxygens (including phenoxy) is 1. The van der Waals surface area contributed by atoms with Crippen LogP contribution in [0.15, 0.2) is 22.7 Å². The van der Waals surface area contributed by atoms with Gasteiger partial charge in [0, 0.05) is 0 Å². The molecule has 2 nitrogen and oxygen atoms in total. The second kappa shape index (κ2) is 4.48. The Morgan fingerprint density at radius 2 is 2.25 bits per heavy atom. The van der Waals surface area contributed by atoms with Gasteiger partial charge in [0.05, 0.1) is 11.1 Å². The summed E-state index contributed by atoms with van der Waals surface area (Å²) in [6, 6.07) is 5.83. The average molecular weight is 231 g/mol. The molecule has 12 heavy (non-hydrogen) atoms. The minimum Gasteiger partial charge on any atom is -0.490 e. The highest BCUT2D eigenvalue weighted by Gasteiger charge is 1.99. The maximum Gasteiger partial charge on any atom is 0.133 e. The Hall–Kier alpha value is -0.540. The predicted molar refractivity (Wildman–Crippen MR) is 51.5 cm³/mol. The average Bonchev–Trinajstić information content (AvgIpc) is 2.03. The van der Waals surface area contributed by atoms with Gasteiger partial charge in [-0.25, -0.2) is 0 Å².